The van der Waals surface area contributed by atoms with Crippen molar-refractivity contribution in [3.05, 3.63) is 29.3 Å². The van der Waals surface area contributed by atoms with Gasteiger partial charge in [-0.2, -0.15) is 11.8 Å². The van der Waals surface area contributed by atoms with Crippen molar-refractivity contribution in [2.45, 2.75) is 31.3 Å². The highest BCUT2D eigenvalue weighted by molar-refractivity contribution is 7.98. The summed E-state index contributed by atoms with van der Waals surface area (Å²) in [5.74, 6) is 0.379. The number of carbonyl (C=O) groups excluding carboxylic acids is 2. The summed E-state index contributed by atoms with van der Waals surface area (Å²) < 4.78 is 5.96. The fourth-order valence-electron chi connectivity index (χ4n) is 3.16. The van der Waals surface area contributed by atoms with Gasteiger partial charge in [-0.25, -0.2) is 14.6 Å². The number of ether oxygens (including phenoxy) is 1. The number of likely N-dealkylation sites (tertiary alicyclic amines) is 1. The van der Waals surface area contributed by atoms with Crippen molar-refractivity contribution in [2.75, 3.05) is 25.7 Å². The molecule has 1 aliphatic heterocycles. The van der Waals surface area contributed by atoms with Gasteiger partial charge < -0.3 is 15.0 Å². The third kappa shape index (κ3) is 4.12. The van der Waals surface area contributed by atoms with Gasteiger partial charge >= 0.3 is 12.0 Å². The van der Waals surface area contributed by atoms with Crippen LogP contribution in [-0.4, -0.2) is 53.6 Å². The lowest BCUT2D eigenvalue weighted by molar-refractivity contribution is -0.142. The normalized spacial score (nSPS) is 18.1. The monoisotopic (exact) mass is 393 g/mol. The molecule has 1 fully saturated rings. The van der Waals surface area contributed by atoms with E-state index < -0.39 is 12.0 Å². The molecule has 6 nitrogen and oxygen atoms in total. The maximum atomic E-state index is 12.8. The number of fused-ring (bicyclic) bond motifs is 1. The van der Waals surface area contributed by atoms with Crippen LogP contribution in [0.2, 0.25) is 0 Å². The molecule has 2 aromatic rings. The number of rotatable bonds is 6. The van der Waals surface area contributed by atoms with Gasteiger partial charge in [-0.15, -0.1) is 11.3 Å². The maximum Gasteiger partial charge on any atom is 0.328 e. The van der Waals surface area contributed by atoms with Crippen LogP contribution in [0, 0.1) is 0 Å². The number of nitrogens with one attached hydrogen (secondary N) is 1. The van der Waals surface area contributed by atoms with E-state index in [2.05, 4.69) is 5.32 Å². The Balaban J connectivity index is 1.73. The number of thioether (sulfide) groups is 1. The molecule has 0 bridgehead atoms. The summed E-state index contributed by atoms with van der Waals surface area (Å²) in [5, 5.41) is 3.81. The molecule has 2 atom stereocenters. The number of hydrogen-bond acceptors (Lipinski definition) is 6. The molecule has 1 aromatic carbocycles. The predicted octanol–water partition coefficient (Wildman–Crippen LogP) is 3.44. The Kier molecular flexibility index (Phi) is 6.37. The van der Waals surface area contributed by atoms with Crippen LogP contribution in [0.3, 0.4) is 0 Å². The number of urea groups is 1. The smallest absolute Gasteiger partial charge is 0.328 e. The summed E-state index contributed by atoms with van der Waals surface area (Å²) in [6, 6.07) is 7.13. The SMILES string of the molecule is COC(=O)C(CCSC)NC(=O)N1CCCC1c1nc2ccccc2s1. The van der Waals surface area contributed by atoms with Crippen molar-refractivity contribution in [3.63, 3.8) is 0 Å². The Labute approximate surface area is 161 Å². The summed E-state index contributed by atoms with van der Waals surface area (Å²) in [6.45, 7) is 0.669. The minimum Gasteiger partial charge on any atom is -0.467 e. The fraction of sp³-hybridized carbons (Fsp3) is 0.500. The van der Waals surface area contributed by atoms with Gasteiger partial charge in [-0.05, 0) is 43.4 Å². The van der Waals surface area contributed by atoms with E-state index in [1.54, 1.807) is 28.0 Å². The first-order valence-corrected chi connectivity index (χ1v) is 10.8. The molecule has 140 valence electrons. The highest BCUT2D eigenvalue weighted by Crippen LogP contribution is 2.36. The number of methoxy groups -OCH3 is 1. The second-order valence-electron chi connectivity index (χ2n) is 6.18. The minimum absolute atomic E-state index is 0.0359. The predicted molar refractivity (Wildman–Crippen MR) is 106 cm³/mol. The van der Waals surface area contributed by atoms with Gasteiger partial charge in [0.05, 0.1) is 23.4 Å². The molecule has 2 amide bonds. The third-order valence-electron chi connectivity index (χ3n) is 4.50. The summed E-state index contributed by atoms with van der Waals surface area (Å²) in [6.07, 6.45) is 4.35. The Bertz CT molecular complexity index is 747. The molecule has 2 heterocycles. The number of hydrogen-bond donors (Lipinski definition) is 1. The Morgan fingerprint density at radius 3 is 3.00 bits per heavy atom. The van der Waals surface area contributed by atoms with Crippen molar-refractivity contribution in [2.24, 2.45) is 0 Å². The standard InChI is InChI=1S/C18H23N3O3S2/c1-24-17(22)13(9-11-25-2)20-18(23)21-10-5-7-14(21)16-19-12-6-3-4-8-15(12)26-16/h3-4,6,8,13-14H,5,7,9-11H2,1-2H3,(H,20,23). The summed E-state index contributed by atoms with van der Waals surface area (Å²) in [4.78, 5) is 31.3. The number of thiazole rings is 1. The van der Waals surface area contributed by atoms with Crippen LogP contribution in [0.1, 0.15) is 30.3 Å². The van der Waals surface area contributed by atoms with Gasteiger partial charge in [0.2, 0.25) is 0 Å². The van der Waals surface area contributed by atoms with E-state index in [1.807, 2.05) is 30.5 Å². The molecule has 8 heteroatoms. The van der Waals surface area contributed by atoms with E-state index in [0.29, 0.717) is 13.0 Å². The zero-order valence-electron chi connectivity index (χ0n) is 14.9. The quantitative estimate of drug-likeness (QED) is 0.761. The number of esters is 1. The van der Waals surface area contributed by atoms with Crippen LogP contribution >= 0.6 is 23.1 Å². The molecule has 1 aliphatic rings. The lowest BCUT2D eigenvalue weighted by atomic mass is 10.2. The molecular weight excluding hydrogens is 370 g/mol. The molecule has 26 heavy (non-hydrogen) atoms. The number of aromatic nitrogens is 1. The van der Waals surface area contributed by atoms with E-state index >= 15 is 0 Å². The molecule has 3 rings (SSSR count). The van der Waals surface area contributed by atoms with Crippen molar-refractivity contribution in [3.8, 4) is 0 Å². The van der Waals surface area contributed by atoms with Gasteiger partial charge in [0.1, 0.15) is 11.0 Å². The van der Waals surface area contributed by atoms with Crippen molar-refractivity contribution in [1.29, 1.82) is 0 Å². The second-order valence-corrected chi connectivity index (χ2v) is 8.23. The van der Waals surface area contributed by atoms with E-state index in [1.165, 1.54) is 7.11 Å². The number of nitrogens with zero attached hydrogens (tertiary/aromatic N) is 2. The Hall–Kier alpha value is -1.80. The molecular formula is C18H23N3O3S2. The van der Waals surface area contributed by atoms with E-state index in [-0.39, 0.29) is 12.1 Å². The van der Waals surface area contributed by atoms with Crippen LogP contribution in [0.25, 0.3) is 10.2 Å². The van der Waals surface area contributed by atoms with Gasteiger partial charge in [-0.3, -0.25) is 0 Å². The number of carbonyl (C=O) groups is 2. The van der Waals surface area contributed by atoms with E-state index in [4.69, 9.17) is 9.72 Å². The van der Waals surface area contributed by atoms with Crippen molar-refractivity contribution in [1.82, 2.24) is 15.2 Å². The molecule has 0 saturated carbocycles. The highest BCUT2D eigenvalue weighted by Gasteiger charge is 2.34. The zero-order valence-corrected chi connectivity index (χ0v) is 16.6. The van der Waals surface area contributed by atoms with Crippen LogP contribution in [0.15, 0.2) is 24.3 Å². The van der Waals surface area contributed by atoms with Crippen molar-refractivity contribution >= 4 is 45.3 Å². The molecule has 1 N–H and O–H groups in total. The lowest BCUT2D eigenvalue weighted by Crippen LogP contribution is -2.48. The van der Waals surface area contributed by atoms with E-state index in [0.717, 1.165) is 33.8 Å². The number of benzene rings is 1. The summed E-state index contributed by atoms with van der Waals surface area (Å²) >= 11 is 3.27. The highest BCUT2D eigenvalue weighted by atomic mass is 32.2. The topological polar surface area (TPSA) is 71.5 Å². The van der Waals surface area contributed by atoms with Crippen molar-refractivity contribution < 1.29 is 14.3 Å². The van der Waals surface area contributed by atoms with Gasteiger partial charge in [0, 0.05) is 6.54 Å². The first-order valence-electron chi connectivity index (χ1n) is 8.63. The number of para-hydroxylation sites is 1. The van der Waals surface area contributed by atoms with Crippen LogP contribution in [0.5, 0.6) is 0 Å². The average molecular weight is 394 g/mol. The molecule has 0 radical (unpaired) electrons. The molecule has 2 unspecified atom stereocenters. The Morgan fingerprint density at radius 1 is 1.46 bits per heavy atom. The van der Waals surface area contributed by atoms with Gasteiger partial charge in [-0.1, -0.05) is 12.1 Å². The minimum atomic E-state index is -0.614. The third-order valence-corrected chi connectivity index (χ3v) is 6.28. The maximum absolute atomic E-state index is 12.8. The van der Waals surface area contributed by atoms with Crippen LogP contribution in [-0.2, 0) is 9.53 Å². The fourth-order valence-corrected chi connectivity index (χ4v) is 4.74. The van der Waals surface area contributed by atoms with Gasteiger partial charge in [0.15, 0.2) is 0 Å². The second kappa shape index (κ2) is 8.73. The average Bonchev–Trinajstić information content (AvgIpc) is 3.30. The molecule has 0 spiro atoms. The first kappa shape index (κ1) is 19.0. The summed E-state index contributed by atoms with van der Waals surface area (Å²) in [7, 11) is 1.35. The van der Waals surface area contributed by atoms with Gasteiger partial charge in [0.25, 0.3) is 0 Å². The Morgan fingerprint density at radius 2 is 2.27 bits per heavy atom. The molecule has 0 aliphatic carbocycles. The molecule has 1 aromatic heterocycles. The largest absolute Gasteiger partial charge is 0.467 e. The summed E-state index contributed by atoms with van der Waals surface area (Å²) in [5.41, 5.74) is 0.965. The zero-order chi connectivity index (χ0) is 18.5. The lowest BCUT2D eigenvalue weighted by Gasteiger charge is -2.26. The first-order chi connectivity index (χ1) is 12.6. The number of amides is 2. The van der Waals surface area contributed by atoms with Crippen LogP contribution < -0.4 is 5.32 Å². The van der Waals surface area contributed by atoms with E-state index in [9.17, 15) is 9.59 Å². The molecule has 1 saturated heterocycles. The van der Waals surface area contributed by atoms with Crippen LogP contribution in [0.4, 0.5) is 4.79 Å².